The van der Waals surface area contributed by atoms with Crippen molar-refractivity contribution < 1.29 is 13.2 Å². The summed E-state index contributed by atoms with van der Waals surface area (Å²) in [6.07, 6.45) is 1.47. The predicted octanol–water partition coefficient (Wildman–Crippen LogP) is 3.15. The molecular formula is C26H31N5O3S. The van der Waals surface area contributed by atoms with E-state index in [4.69, 9.17) is 0 Å². The average molecular weight is 494 g/mol. The van der Waals surface area contributed by atoms with Crippen molar-refractivity contribution in [1.82, 2.24) is 15.6 Å². The molecule has 9 heteroatoms. The molecular weight excluding hydrogens is 462 g/mol. The van der Waals surface area contributed by atoms with Gasteiger partial charge < -0.3 is 15.5 Å². The van der Waals surface area contributed by atoms with Crippen molar-refractivity contribution in [3.8, 4) is 0 Å². The summed E-state index contributed by atoms with van der Waals surface area (Å²) in [5.74, 6) is 0.237. The number of nitrogens with zero attached hydrogens (tertiary/aromatic N) is 2. The third-order valence-electron chi connectivity index (χ3n) is 5.95. The molecule has 1 aliphatic rings. The smallest absolute Gasteiger partial charge is 0.262 e. The largest absolute Gasteiger partial charge is 0.353 e. The SMILES string of the molecule is Cc1cc(C)c(S(=O)(=O)Nc2cnc(N3CCNCC3)c(C(=O)NCc3ccccc3)c2)c(C)c1. The van der Waals surface area contributed by atoms with Gasteiger partial charge in [0.25, 0.3) is 15.9 Å². The van der Waals surface area contributed by atoms with E-state index in [1.165, 1.54) is 6.20 Å². The Bertz CT molecular complexity index is 1300. The lowest BCUT2D eigenvalue weighted by atomic mass is 10.1. The van der Waals surface area contributed by atoms with E-state index in [0.717, 1.165) is 24.2 Å². The van der Waals surface area contributed by atoms with Crippen LogP contribution >= 0.6 is 0 Å². The molecule has 0 unspecified atom stereocenters. The summed E-state index contributed by atoms with van der Waals surface area (Å²) in [5.41, 5.74) is 3.88. The van der Waals surface area contributed by atoms with E-state index in [1.807, 2.05) is 54.3 Å². The molecule has 1 fully saturated rings. The normalized spacial score (nSPS) is 14.0. The van der Waals surface area contributed by atoms with Crippen molar-refractivity contribution in [2.75, 3.05) is 35.8 Å². The van der Waals surface area contributed by atoms with E-state index >= 15 is 0 Å². The minimum absolute atomic E-state index is 0.240. The number of anilines is 2. The molecule has 1 aromatic heterocycles. The molecule has 1 aliphatic heterocycles. The van der Waals surface area contributed by atoms with Crippen LogP contribution in [0.2, 0.25) is 0 Å². The van der Waals surface area contributed by atoms with Crippen LogP contribution in [0, 0.1) is 20.8 Å². The number of benzene rings is 2. The zero-order valence-electron chi connectivity index (χ0n) is 20.3. The topological polar surface area (TPSA) is 103 Å². The van der Waals surface area contributed by atoms with Crippen LogP contribution in [0.25, 0.3) is 0 Å². The van der Waals surface area contributed by atoms with Crippen LogP contribution in [-0.2, 0) is 16.6 Å². The molecule has 3 N–H and O–H groups in total. The van der Waals surface area contributed by atoms with Crippen LogP contribution in [0.1, 0.15) is 32.6 Å². The first-order valence-electron chi connectivity index (χ1n) is 11.6. The second-order valence-corrected chi connectivity index (χ2v) is 10.5. The number of carbonyl (C=O) groups is 1. The van der Waals surface area contributed by atoms with E-state index in [1.54, 1.807) is 19.9 Å². The molecule has 4 rings (SSSR count). The number of aromatic nitrogens is 1. The lowest BCUT2D eigenvalue weighted by Gasteiger charge is -2.30. The Balaban J connectivity index is 1.65. The fraction of sp³-hybridized carbons (Fsp3) is 0.308. The summed E-state index contributed by atoms with van der Waals surface area (Å²) in [6, 6.07) is 14.9. The summed E-state index contributed by atoms with van der Waals surface area (Å²) in [6.45, 7) is 8.84. The van der Waals surface area contributed by atoms with E-state index < -0.39 is 10.0 Å². The molecule has 0 radical (unpaired) electrons. The van der Waals surface area contributed by atoms with Crippen LogP contribution in [0.15, 0.2) is 59.6 Å². The molecule has 3 aromatic rings. The number of amides is 1. The summed E-state index contributed by atoms with van der Waals surface area (Å²) >= 11 is 0. The van der Waals surface area contributed by atoms with E-state index in [9.17, 15) is 13.2 Å². The van der Waals surface area contributed by atoms with Crippen LogP contribution in [-0.4, -0.2) is 45.5 Å². The van der Waals surface area contributed by atoms with Gasteiger partial charge in [0, 0.05) is 32.7 Å². The molecule has 2 heterocycles. The number of sulfonamides is 1. The third-order valence-corrected chi connectivity index (χ3v) is 7.64. The van der Waals surface area contributed by atoms with Gasteiger partial charge in [0.15, 0.2) is 0 Å². The molecule has 35 heavy (non-hydrogen) atoms. The minimum Gasteiger partial charge on any atom is -0.353 e. The van der Waals surface area contributed by atoms with Crippen LogP contribution in [0.5, 0.6) is 0 Å². The van der Waals surface area contributed by atoms with Crippen molar-refractivity contribution in [3.63, 3.8) is 0 Å². The molecule has 184 valence electrons. The first-order valence-corrected chi connectivity index (χ1v) is 13.1. The van der Waals surface area contributed by atoms with Crippen LogP contribution < -0.4 is 20.3 Å². The Morgan fingerprint density at radius 3 is 2.34 bits per heavy atom. The van der Waals surface area contributed by atoms with Crippen molar-refractivity contribution in [2.24, 2.45) is 0 Å². The highest BCUT2D eigenvalue weighted by atomic mass is 32.2. The van der Waals surface area contributed by atoms with Gasteiger partial charge in [-0.15, -0.1) is 0 Å². The highest BCUT2D eigenvalue weighted by Crippen LogP contribution is 2.27. The maximum Gasteiger partial charge on any atom is 0.262 e. The molecule has 1 amide bonds. The predicted molar refractivity (Wildman–Crippen MR) is 138 cm³/mol. The number of aryl methyl sites for hydroxylation is 3. The lowest BCUT2D eigenvalue weighted by molar-refractivity contribution is 0.0951. The van der Waals surface area contributed by atoms with Crippen molar-refractivity contribution in [1.29, 1.82) is 0 Å². The highest BCUT2D eigenvalue weighted by Gasteiger charge is 2.24. The van der Waals surface area contributed by atoms with Gasteiger partial charge in [-0.3, -0.25) is 9.52 Å². The van der Waals surface area contributed by atoms with E-state index in [-0.39, 0.29) is 16.5 Å². The monoisotopic (exact) mass is 493 g/mol. The maximum absolute atomic E-state index is 13.3. The number of piperazine rings is 1. The number of hydrogen-bond acceptors (Lipinski definition) is 6. The standard InChI is InChI=1S/C26H31N5O3S/c1-18-13-19(2)24(20(3)14-18)35(33,34)30-22-15-23(25(28-17-22)31-11-9-27-10-12-31)26(32)29-16-21-7-5-4-6-8-21/h4-8,13-15,17,27,30H,9-12,16H2,1-3H3,(H,29,32). The molecule has 0 saturated carbocycles. The first kappa shape index (κ1) is 24.7. The molecule has 2 aromatic carbocycles. The van der Waals surface area contributed by atoms with Gasteiger partial charge >= 0.3 is 0 Å². The average Bonchev–Trinajstić information content (AvgIpc) is 2.82. The fourth-order valence-corrected chi connectivity index (χ4v) is 5.97. The van der Waals surface area contributed by atoms with Gasteiger partial charge in [0.05, 0.1) is 22.3 Å². The quantitative estimate of drug-likeness (QED) is 0.467. The summed E-state index contributed by atoms with van der Waals surface area (Å²) in [5, 5.41) is 6.24. The van der Waals surface area contributed by atoms with Gasteiger partial charge in [-0.25, -0.2) is 13.4 Å². The zero-order chi connectivity index (χ0) is 25.0. The molecule has 0 atom stereocenters. The third kappa shape index (κ3) is 5.80. The number of hydrogen-bond donors (Lipinski definition) is 3. The Labute approximate surface area is 206 Å². The summed E-state index contributed by atoms with van der Waals surface area (Å²) in [4.78, 5) is 20.1. The van der Waals surface area contributed by atoms with E-state index in [2.05, 4.69) is 20.3 Å². The Kier molecular flexibility index (Phi) is 7.37. The number of nitrogens with one attached hydrogen (secondary N) is 3. The minimum atomic E-state index is -3.87. The molecule has 0 spiro atoms. The Hall–Kier alpha value is -3.43. The molecule has 8 nitrogen and oxygen atoms in total. The number of pyridine rings is 1. The maximum atomic E-state index is 13.3. The Morgan fingerprint density at radius 1 is 1.03 bits per heavy atom. The highest BCUT2D eigenvalue weighted by molar-refractivity contribution is 7.92. The lowest BCUT2D eigenvalue weighted by Crippen LogP contribution is -2.44. The molecule has 0 bridgehead atoms. The van der Waals surface area contributed by atoms with Gasteiger partial charge in [-0.05, 0) is 43.5 Å². The summed E-state index contributed by atoms with van der Waals surface area (Å²) in [7, 11) is -3.87. The van der Waals surface area contributed by atoms with Gasteiger partial charge in [-0.2, -0.15) is 0 Å². The molecule has 0 aliphatic carbocycles. The van der Waals surface area contributed by atoms with Crippen molar-refractivity contribution in [3.05, 3.63) is 82.5 Å². The number of carbonyl (C=O) groups excluding carboxylic acids is 1. The fourth-order valence-electron chi connectivity index (χ4n) is 4.48. The number of rotatable bonds is 7. The second kappa shape index (κ2) is 10.5. The zero-order valence-corrected chi connectivity index (χ0v) is 21.1. The second-order valence-electron chi connectivity index (χ2n) is 8.83. The van der Waals surface area contributed by atoms with Crippen LogP contribution in [0.3, 0.4) is 0 Å². The Morgan fingerprint density at radius 2 is 1.69 bits per heavy atom. The van der Waals surface area contributed by atoms with Crippen molar-refractivity contribution in [2.45, 2.75) is 32.2 Å². The van der Waals surface area contributed by atoms with Gasteiger partial charge in [0.1, 0.15) is 5.82 Å². The van der Waals surface area contributed by atoms with Crippen molar-refractivity contribution >= 4 is 27.4 Å². The molecule has 1 saturated heterocycles. The summed E-state index contributed by atoms with van der Waals surface area (Å²) < 4.78 is 29.2. The van der Waals surface area contributed by atoms with E-state index in [0.29, 0.717) is 42.1 Å². The van der Waals surface area contributed by atoms with Gasteiger partial charge in [0.2, 0.25) is 0 Å². The first-order chi connectivity index (χ1) is 16.7. The van der Waals surface area contributed by atoms with Gasteiger partial charge in [-0.1, -0.05) is 48.0 Å². The van der Waals surface area contributed by atoms with Crippen LogP contribution in [0.4, 0.5) is 11.5 Å².